The summed E-state index contributed by atoms with van der Waals surface area (Å²) in [5.41, 5.74) is 2.13. The molecular weight excluding hydrogens is 407 g/mol. The van der Waals surface area contributed by atoms with E-state index in [9.17, 15) is 14.0 Å². The van der Waals surface area contributed by atoms with Gasteiger partial charge in [0.25, 0.3) is 5.56 Å². The van der Waals surface area contributed by atoms with Crippen LogP contribution >= 0.6 is 0 Å². The minimum absolute atomic E-state index is 0.0295. The van der Waals surface area contributed by atoms with E-state index in [2.05, 4.69) is 11.9 Å². The summed E-state index contributed by atoms with van der Waals surface area (Å²) in [5.74, 6) is -0.430. The van der Waals surface area contributed by atoms with Crippen molar-refractivity contribution in [1.29, 1.82) is 0 Å². The number of halogens is 1. The average molecular weight is 432 g/mol. The van der Waals surface area contributed by atoms with E-state index >= 15 is 0 Å². The smallest absolute Gasteiger partial charge is 0.278 e. The molecule has 0 radical (unpaired) electrons. The second-order valence-corrected chi connectivity index (χ2v) is 8.54. The lowest BCUT2D eigenvalue weighted by Crippen LogP contribution is -2.43. The molecule has 1 atom stereocenters. The Hall–Kier alpha value is -3.48. The standard InChI is InChI=1S/C25H25FN4O2/c1-17-7-5-6-12-29(17)22(31)15-30-21-11-10-19(26)13-20(21)23-24(30)25(32)28(16-27-23)14-18-8-3-2-4-9-18/h2-4,8-11,13,16-17H,5-7,12,14-15H2,1H3/t17-/m0/s1. The van der Waals surface area contributed by atoms with Gasteiger partial charge < -0.3 is 9.47 Å². The molecule has 0 aliphatic carbocycles. The zero-order valence-corrected chi connectivity index (χ0v) is 18.0. The van der Waals surface area contributed by atoms with Gasteiger partial charge in [-0.3, -0.25) is 14.2 Å². The van der Waals surface area contributed by atoms with Gasteiger partial charge in [-0.25, -0.2) is 9.37 Å². The number of rotatable bonds is 4. The molecule has 6 nitrogen and oxygen atoms in total. The number of hydrogen-bond acceptors (Lipinski definition) is 3. The van der Waals surface area contributed by atoms with Gasteiger partial charge in [-0.2, -0.15) is 0 Å². The van der Waals surface area contributed by atoms with Crippen LogP contribution in [0.5, 0.6) is 0 Å². The third-order valence-electron chi connectivity index (χ3n) is 6.40. The lowest BCUT2D eigenvalue weighted by Gasteiger charge is -2.33. The van der Waals surface area contributed by atoms with Gasteiger partial charge in [-0.15, -0.1) is 0 Å². The normalized spacial score (nSPS) is 16.7. The molecule has 0 spiro atoms. The third-order valence-corrected chi connectivity index (χ3v) is 6.40. The van der Waals surface area contributed by atoms with Crippen LogP contribution in [0.3, 0.4) is 0 Å². The number of carbonyl (C=O) groups is 1. The van der Waals surface area contributed by atoms with Crippen molar-refractivity contribution < 1.29 is 9.18 Å². The molecule has 0 saturated carbocycles. The number of piperidine rings is 1. The van der Waals surface area contributed by atoms with E-state index < -0.39 is 5.82 Å². The summed E-state index contributed by atoms with van der Waals surface area (Å²) in [6, 6.07) is 14.2. The van der Waals surface area contributed by atoms with Crippen LogP contribution in [0, 0.1) is 5.82 Å². The SMILES string of the molecule is C[C@H]1CCCCN1C(=O)Cn1c2ccc(F)cc2c2ncn(Cc3ccccc3)c(=O)c21. The number of amides is 1. The Labute approximate surface area is 184 Å². The molecular formula is C25H25FN4O2. The predicted molar refractivity (Wildman–Crippen MR) is 122 cm³/mol. The Morgan fingerprint density at radius 1 is 1.16 bits per heavy atom. The van der Waals surface area contributed by atoms with Crippen LogP contribution in [0.4, 0.5) is 4.39 Å². The highest BCUT2D eigenvalue weighted by molar-refractivity contribution is 6.06. The fourth-order valence-electron chi connectivity index (χ4n) is 4.72. The molecule has 3 heterocycles. The first kappa shape index (κ1) is 20.4. The predicted octanol–water partition coefficient (Wildman–Crippen LogP) is 3.94. The highest BCUT2D eigenvalue weighted by Crippen LogP contribution is 2.27. The molecule has 0 N–H and O–H groups in total. The lowest BCUT2D eigenvalue weighted by molar-refractivity contribution is -0.134. The molecule has 1 aliphatic rings. The Bertz CT molecular complexity index is 1360. The number of hydrogen-bond donors (Lipinski definition) is 0. The molecule has 164 valence electrons. The van der Waals surface area contributed by atoms with Crippen LogP contribution in [0.2, 0.25) is 0 Å². The van der Waals surface area contributed by atoms with Gasteiger partial charge in [0.05, 0.1) is 18.4 Å². The summed E-state index contributed by atoms with van der Waals surface area (Å²) in [4.78, 5) is 33.1. The van der Waals surface area contributed by atoms with Crippen LogP contribution in [0.15, 0.2) is 59.7 Å². The lowest BCUT2D eigenvalue weighted by atomic mass is 10.0. The van der Waals surface area contributed by atoms with Crippen molar-refractivity contribution in [2.75, 3.05) is 6.54 Å². The van der Waals surface area contributed by atoms with Gasteiger partial charge >= 0.3 is 0 Å². The quantitative estimate of drug-likeness (QED) is 0.491. The fraction of sp³-hybridized carbons (Fsp3) is 0.320. The van der Waals surface area contributed by atoms with E-state index in [4.69, 9.17) is 0 Å². The number of carbonyl (C=O) groups excluding carboxylic acids is 1. The van der Waals surface area contributed by atoms with Crippen LogP contribution in [-0.4, -0.2) is 37.5 Å². The van der Waals surface area contributed by atoms with Gasteiger partial charge in [0.2, 0.25) is 5.91 Å². The van der Waals surface area contributed by atoms with Crippen molar-refractivity contribution in [1.82, 2.24) is 19.0 Å². The second kappa shape index (κ2) is 8.22. The first-order valence-corrected chi connectivity index (χ1v) is 11.0. The fourth-order valence-corrected chi connectivity index (χ4v) is 4.72. The summed E-state index contributed by atoms with van der Waals surface area (Å²) in [6.45, 7) is 3.19. The largest absolute Gasteiger partial charge is 0.338 e. The van der Waals surface area contributed by atoms with Gasteiger partial charge in [-0.05, 0) is 49.9 Å². The van der Waals surface area contributed by atoms with Crippen LogP contribution in [0.1, 0.15) is 31.7 Å². The van der Waals surface area contributed by atoms with Crippen LogP contribution in [-0.2, 0) is 17.9 Å². The summed E-state index contributed by atoms with van der Waals surface area (Å²) in [6.07, 6.45) is 4.59. The Morgan fingerprint density at radius 2 is 1.97 bits per heavy atom. The first-order chi connectivity index (χ1) is 15.5. The number of nitrogens with zero attached hydrogens (tertiary/aromatic N) is 4. The first-order valence-electron chi connectivity index (χ1n) is 11.0. The van der Waals surface area contributed by atoms with Crippen molar-refractivity contribution in [3.05, 3.63) is 76.6 Å². The number of aromatic nitrogens is 3. The molecule has 1 amide bonds. The van der Waals surface area contributed by atoms with E-state index in [1.165, 1.54) is 23.0 Å². The van der Waals surface area contributed by atoms with Gasteiger partial charge in [0.1, 0.15) is 23.4 Å². The summed E-state index contributed by atoms with van der Waals surface area (Å²) >= 11 is 0. The van der Waals surface area contributed by atoms with E-state index in [1.54, 1.807) is 10.6 Å². The van der Waals surface area contributed by atoms with Gasteiger partial charge in [0, 0.05) is 18.0 Å². The molecule has 1 fully saturated rings. The Kier molecular flexibility index (Phi) is 5.25. The maximum atomic E-state index is 14.1. The van der Waals surface area contributed by atoms with Crippen LogP contribution in [0.25, 0.3) is 21.9 Å². The minimum atomic E-state index is -0.400. The Balaban J connectivity index is 1.64. The minimum Gasteiger partial charge on any atom is -0.338 e. The van der Waals surface area contributed by atoms with Crippen molar-refractivity contribution in [2.45, 2.75) is 45.3 Å². The molecule has 0 unspecified atom stereocenters. The molecule has 1 saturated heterocycles. The van der Waals surface area contributed by atoms with E-state index in [0.717, 1.165) is 31.4 Å². The van der Waals surface area contributed by atoms with Crippen molar-refractivity contribution in [3.8, 4) is 0 Å². The molecule has 32 heavy (non-hydrogen) atoms. The third kappa shape index (κ3) is 3.57. The zero-order valence-electron chi connectivity index (χ0n) is 18.0. The molecule has 7 heteroatoms. The second-order valence-electron chi connectivity index (χ2n) is 8.54. The van der Waals surface area contributed by atoms with Gasteiger partial charge in [-0.1, -0.05) is 30.3 Å². The number of fused-ring (bicyclic) bond motifs is 3. The Morgan fingerprint density at radius 3 is 2.75 bits per heavy atom. The highest BCUT2D eigenvalue weighted by atomic mass is 19.1. The highest BCUT2D eigenvalue weighted by Gasteiger charge is 2.25. The molecule has 2 aromatic carbocycles. The average Bonchev–Trinajstić information content (AvgIpc) is 3.10. The molecule has 0 bridgehead atoms. The molecule has 1 aliphatic heterocycles. The molecule has 2 aromatic heterocycles. The molecule has 4 aromatic rings. The van der Waals surface area contributed by atoms with Crippen LogP contribution < -0.4 is 5.56 Å². The summed E-state index contributed by atoms with van der Waals surface area (Å²) in [7, 11) is 0. The summed E-state index contributed by atoms with van der Waals surface area (Å²) in [5, 5.41) is 0.545. The molecule has 5 rings (SSSR count). The van der Waals surface area contributed by atoms with Crippen molar-refractivity contribution in [3.63, 3.8) is 0 Å². The maximum Gasteiger partial charge on any atom is 0.278 e. The van der Waals surface area contributed by atoms with E-state index in [1.807, 2.05) is 35.2 Å². The van der Waals surface area contributed by atoms with E-state index in [-0.39, 0.29) is 24.1 Å². The topological polar surface area (TPSA) is 60.1 Å². The van der Waals surface area contributed by atoms with Crippen molar-refractivity contribution >= 4 is 27.8 Å². The zero-order chi connectivity index (χ0) is 22.2. The summed E-state index contributed by atoms with van der Waals surface area (Å²) < 4.78 is 17.3. The maximum absolute atomic E-state index is 14.1. The van der Waals surface area contributed by atoms with Gasteiger partial charge in [0.15, 0.2) is 0 Å². The number of benzene rings is 2. The monoisotopic (exact) mass is 432 g/mol. The number of likely N-dealkylation sites (tertiary alicyclic amines) is 1. The van der Waals surface area contributed by atoms with Crippen molar-refractivity contribution in [2.24, 2.45) is 0 Å². The van der Waals surface area contributed by atoms with E-state index in [0.29, 0.717) is 28.5 Å².